The van der Waals surface area contributed by atoms with Crippen molar-refractivity contribution in [2.45, 2.75) is 13.0 Å². The van der Waals surface area contributed by atoms with Crippen molar-refractivity contribution in [2.24, 2.45) is 5.92 Å². The van der Waals surface area contributed by atoms with Gasteiger partial charge in [0, 0.05) is 33.3 Å². The molecule has 0 unspecified atom stereocenters. The van der Waals surface area contributed by atoms with Crippen LogP contribution in [0.4, 0.5) is 0 Å². The Bertz CT molecular complexity index is 355. The van der Waals surface area contributed by atoms with Gasteiger partial charge in [-0.2, -0.15) is 0 Å². The summed E-state index contributed by atoms with van der Waals surface area (Å²) in [7, 11) is 3.96. The smallest absolute Gasteiger partial charge is 0.0589 e. The van der Waals surface area contributed by atoms with Gasteiger partial charge in [0.15, 0.2) is 0 Å². The first-order chi connectivity index (χ1) is 9.28. The highest BCUT2D eigenvalue weighted by atomic mass is 16.5. The third-order valence-corrected chi connectivity index (χ3v) is 3.87. The second-order valence-corrected chi connectivity index (χ2v) is 5.63. The molecule has 0 saturated carbocycles. The van der Waals surface area contributed by atoms with Crippen molar-refractivity contribution >= 4 is 0 Å². The third kappa shape index (κ3) is 4.94. The van der Waals surface area contributed by atoms with Crippen LogP contribution in [-0.2, 0) is 11.3 Å². The quantitative estimate of drug-likeness (QED) is 0.748. The van der Waals surface area contributed by atoms with Gasteiger partial charge in [-0.1, -0.05) is 30.3 Å². The van der Waals surface area contributed by atoms with Crippen LogP contribution in [0.15, 0.2) is 30.3 Å². The van der Waals surface area contributed by atoms with E-state index in [2.05, 4.69) is 47.2 Å². The molecule has 1 atom stereocenters. The Morgan fingerprint density at radius 2 is 2.11 bits per heavy atom. The zero-order chi connectivity index (χ0) is 13.5. The number of ether oxygens (including phenoxy) is 1. The van der Waals surface area contributed by atoms with Gasteiger partial charge in [0.1, 0.15) is 0 Å². The number of methoxy groups -OCH3 is 1. The van der Waals surface area contributed by atoms with Gasteiger partial charge in [0.2, 0.25) is 0 Å². The molecular formula is C16H26N2O. The SMILES string of the molecule is COCCN(C)C[C@@H]1CCN(Cc2ccccc2)C1. The Kier molecular flexibility index (Phi) is 5.83. The van der Waals surface area contributed by atoms with Crippen LogP contribution in [-0.4, -0.2) is 56.7 Å². The summed E-state index contributed by atoms with van der Waals surface area (Å²) >= 11 is 0. The van der Waals surface area contributed by atoms with Crippen molar-refractivity contribution in [2.75, 3.05) is 46.9 Å². The lowest BCUT2D eigenvalue weighted by Crippen LogP contribution is -2.30. The summed E-state index contributed by atoms with van der Waals surface area (Å²) < 4.78 is 5.13. The summed E-state index contributed by atoms with van der Waals surface area (Å²) in [6, 6.07) is 10.8. The lowest BCUT2D eigenvalue weighted by molar-refractivity contribution is 0.152. The van der Waals surface area contributed by atoms with Crippen LogP contribution < -0.4 is 0 Å². The van der Waals surface area contributed by atoms with Crippen molar-refractivity contribution in [1.82, 2.24) is 9.80 Å². The monoisotopic (exact) mass is 262 g/mol. The summed E-state index contributed by atoms with van der Waals surface area (Å²) in [4.78, 5) is 4.96. The molecule has 1 fully saturated rings. The molecule has 2 rings (SSSR count). The second-order valence-electron chi connectivity index (χ2n) is 5.63. The number of likely N-dealkylation sites (N-methyl/N-ethyl adjacent to an activating group) is 1. The van der Waals surface area contributed by atoms with Gasteiger partial charge in [-0.15, -0.1) is 0 Å². The van der Waals surface area contributed by atoms with Gasteiger partial charge in [-0.25, -0.2) is 0 Å². The molecule has 0 bridgehead atoms. The van der Waals surface area contributed by atoms with E-state index in [1.807, 2.05) is 0 Å². The normalized spacial score (nSPS) is 20.3. The van der Waals surface area contributed by atoms with Gasteiger partial charge in [0.25, 0.3) is 0 Å². The van der Waals surface area contributed by atoms with Crippen LogP contribution in [0.2, 0.25) is 0 Å². The van der Waals surface area contributed by atoms with Gasteiger partial charge in [0.05, 0.1) is 6.61 Å². The van der Waals surface area contributed by atoms with Gasteiger partial charge >= 0.3 is 0 Å². The largest absolute Gasteiger partial charge is 0.383 e. The molecule has 1 saturated heterocycles. The average Bonchev–Trinajstić information content (AvgIpc) is 2.85. The van der Waals surface area contributed by atoms with Crippen molar-refractivity contribution in [3.05, 3.63) is 35.9 Å². The van der Waals surface area contributed by atoms with E-state index in [0.29, 0.717) is 0 Å². The zero-order valence-corrected chi connectivity index (χ0v) is 12.2. The maximum absolute atomic E-state index is 5.13. The van der Waals surface area contributed by atoms with Crippen LogP contribution in [0.1, 0.15) is 12.0 Å². The van der Waals surface area contributed by atoms with Gasteiger partial charge < -0.3 is 9.64 Å². The summed E-state index contributed by atoms with van der Waals surface area (Å²) in [5.41, 5.74) is 1.43. The standard InChI is InChI=1S/C16H26N2O/c1-17(10-11-19-2)12-16-8-9-18(14-16)13-15-6-4-3-5-7-15/h3-7,16H,8-14H2,1-2H3/t16-/m0/s1. The first-order valence-electron chi connectivity index (χ1n) is 7.21. The minimum absolute atomic E-state index is 0.811. The van der Waals surface area contributed by atoms with Crippen molar-refractivity contribution in [3.8, 4) is 0 Å². The first kappa shape index (κ1) is 14.5. The van der Waals surface area contributed by atoms with Crippen molar-refractivity contribution in [1.29, 1.82) is 0 Å². The molecule has 0 radical (unpaired) electrons. The Balaban J connectivity index is 1.71. The lowest BCUT2D eigenvalue weighted by atomic mass is 10.1. The van der Waals surface area contributed by atoms with E-state index in [4.69, 9.17) is 4.74 Å². The number of nitrogens with zero attached hydrogens (tertiary/aromatic N) is 2. The third-order valence-electron chi connectivity index (χ3n) is 3.87. The van der Waals surface area contributed by atoms with E-state index in [0.717, 1.165) is 25.6 Å². The molecule has 0 aromatic heterocycles. The molecular weight excluding hydrogens is 236 g/mol. The number of hydrogen-bond acceptors (Lipinski definition) is 3. The minimum Gasteiger partial charge on any atom is -0.383 e. The van der Waals surface area contributed by atoms with Crippen LogP contribution >= 0.6 is 0 Å². The highest BCUT2D eigenvalue weighted by Crippen LogP contribution is 2.19. The summed E-state index contributed by atoms with van der Waals surface area (Å²) in [6.07, 6.45) is 1.32. The molecule has 1 heterocycles. The second kappa shape index (κ2) is 7.63. The van der Waals surface area contributed by atoms with Crippen LogP contribution in [0.5, 0.6) is 0 Å². The lowest BCUT2D eigenvalue weighted by Gasteiger charge is -2.21. The molecule has 19 heavy (non-hydrogen) atoms. The molecule has 3 nitrogen and oxygen atoms in total. The van der Waals surface area contributed by atoms with Crippen LogP contribution in [0, 0.1) is 5.92 Å². The van der Waals surface area contributed by atoms with E-state index in [-0.39, 0.29) is 0 Å². The average molecular weight is 262 g/mol. The maximum Gasteiger partial charge on any atom is 0.0589 e. The van der Waals surface area contributed by atoms with E-state index in [1.54, 1.807) is 7.11 Å². The van der Waals surface area contributed by atoms with Crippen molar-refractivity contribution in [3.63, 3.8) is 0 Å². The number of rotatable bonds is 7. The fraction of sp³-hybridized carbons (Fsp3) is 0.625. The molecule has 1 aliphatic rings. The molecule has 1 aliphatic heterocycles. The zero-order valence-electron chi connectivity index (χ0n) is 12.2. The number of benzene rings is 1. The molecule has 0 N–H and O–H groups in total. The van der Waals surface area contributed by atoms with Gasteiger partial charge in [-0.05, 0) is 31.5 Å². The molecule has 0 spiro atoms. The Labute approximate surface area is 117 Å². The summed E-state index contributed by atoms with van der Waals surface area (Å²) in [6.45, 7) is 6.61. The highest BCUT2D eigenvalue weighted by molar-refractivity contribution is 5.14. The predicted octanol–water partition coefficient (Wildman–Crippen LogP) is 2.09. The minimum atomic E-state index is 0.811. The summed E-state index contributed by atoms with van der Waals surface area (Å²) in [5, 5.41) is 0. The molecule has 1 aromatic carbocycles. The first-order valence-corrected chi connectivity index (χ1v) is 7.21. The molecule has 3 heteroatoms. The predicted molar refractivity (Wildman–Crippen MR) is 79.2 cm³/mol. The Morgan fingerprint density at radius 1 is 1.32 bits per heavy atom. The summed E-state index contributed by atoms with van der Waals surface area (Å²) in [5.74, 6) is 0.811. The van der Waals surface area contributed by atoms with E-state index >= 15 is 0 Å². The number of hydrogen-bond donors (Lipinski definition) is 0. The number of likely N-dealkylation sites (tertiary alicyclic amines) is 1. The Morgan fingerprint density at radius 3 is 2.84 bits per heavy atom. The topological polar surface area (TPSA) is 15.7 Å². The van der Waals surface area contributed by atoms with E-state index < -0.39 is 0 Å². The maximum atomic E-state index is 5.13. The molecule has 1 aromatic rings. The highest BCUT2D eigenvalue weighted by Gasteiger charge is 2.23. The van der Waals surface area contributed by atoms with E-state index in [1.165, 1.54) is 31.6 Å². The fourth-order valence-electron chi connectivity index (χ4n) is 2.83. The van der Waals surface area contributed by atoms with Crippen molar-refractivity contribution < 1.29 is 4.74 Å². The van der Waals surface area contributed by atoms with Crippen LogP contribution in [0.3, 0.4) is 0 Å². The van der Waals surface area contributed by atoms with Gasteiger partial charge in [-0.3, -0.25) is 4.90 Å². The fourth-order valence-corrected chi connectivity index (χ4v) is 2.83. The van der Waals surface area contributed by atoms with E-state index in [9.17, 15) is 0 Å². The Hall–Kier alpha value is -0.900. The van der Waals surface area contributed by atoms with Crippen LogP contribution in [0.25, 0.3) is 0 Å². The molecule has 0 amide bonds. The molecule has 106 valence electrons. The molecule has 0 aliphatic carbocycles.